The SMILES string of the molecule is Cc1cc(N)ccc1NC(=O)CCCN1CCC(CO)C1. The molecule has 1 aromatic carbocycles. The predicted molar refractivity (Wildman–Crippen MR) is 85.1 cm³/mol. The molecule has 5 nitrogen and oxygen atoms in total. The van der Waals surface area contributed by atoms with Gasteiger partial charge in [-0.1, -0.05) is 0 Å². The second-order valence-electron chi connectivity index (χ2n) is 5.86. The van der Waals surface area contributed by atoms with E-state index in [9.17, 15) is 4.79 Å². The van der Waals surface area contributed by atoms with Crippen LogP contribution in [0.15, 0.2) is 18.2 Å². The molecule has 1 unspecified atom stereocenters. The molecule has 1 aliphatic rings. The molecule has 0 bridgehead atoms. The number of aliphatic hydroxyl groups excluding tert-OH is 1. The molecule has 4 N–H and O–H groups in total. The molecule has 0 radical (unpaired) electrons. The lowest BCUT2D eigenvalue weighted by atomic mass is 10.1. The van der Waals surface area contributed by atoms with Gasteiger partial charge in [-0.2, -0.15) is 0 Å². The summed E-state index contributed by atoms with van der Waals surface area (Å²) in [6, 6.07) is 5.49. The van der Waals surface area contributed by atoms with Crippen molar-refractivity contribution in [1.29, 1.82) is 0 Å². The minimum atomic E-state index is 0.0424. The van der Waals surface area contributed by atoms with Crippen LogP contribution in [-0.4, -0.2) is 42.2 Å². The molecular weight excluding hydrogens is 266 g/mol. The van der Waals surface area contributed by atoms with Gasteiger partial charge >= 0.3 is 0 Å². The molecule has 0 aromatic heterocycles. The lowest BCUT2D eigenvalue weighted by Crippen LogP contribution is -2.24. The summed E-state index contributed by atoms with van der Waals surface area (Å²) in [5, 5.41) is 12.0. The van der Waals surface area contributed by atoms with Crippen LogP contribution in [0.5, 0.6) is 0 Å². The van der Waals surface area contributed by atoms with Crippen LogP contribution in [0.25, 0.3) is 0 Å². The van der Waals surface area contributed by atoms with Crippen molar-refractivity contribution in [2.75, 3.05) is 37.3 Å². The zero-order valence-corrected chi connectivity index (χ0v) is 12.6. The molecule has 0 aliphatic carbocycles. The normalized spacial score (nSPS) is 18.9. The Kier molecular flexibility index (Phi) is 5.59. The molecule has 1 aliphatic heterocycles. The van der Waals surface area contributed by atoms with Crippen molar-refractivity contribution in [3.8, 4) is 0 Å². The van der Waals surface area contributed by atoms with Gasteiger partial charge in [0.25, 0.3) is 0 Å². The van der Waals surface area contributed by atoms with Crippen LogP contribution in [0.4, 0.5) is 11.4 Å². The minimum Gasteiger partial charge on any atom is -0.399 e. The number of nitrogens with one attached hydrogen (secondary N) is 1. The third kappa shape index (κ3) is 4.72. The molecule has 2 rings (SSSR count). The Bertz CT molecular complexity index is 490. The highest BCUT2D eigenvalue weighted by Gasteiger charge is 2.21. The number of aliphatic hydroxyl groups is 1. The van der Waals surface area contributed by atoms with Crippen LogP contribution in [0, 0.1) is 12.8 Å². The maximum Gasteiger partial charge on any atom is 0.224 e. The Labute approximate surface area is 126 Å². The van der Waals surface area contributed by atoms with Crippen LogP contribution < -0.4 is 11.1 Å². The van der Waals surface area contributed by atoms with Crippen LogP contribution >= 0.6 is 0 Å². The summed E-state index contributed by atoms with van der Waals surface area (Å²) in [5.41, 5.74) is 8.21. The molecule has 0 spiro atoms. The van der Waals surface area contributed by atoms with Crippen molar-refractivity contribution in [2.45, 2.75) is 26.2 Å². The second-order valence-corrected chi connectivity index (χ2v) is 5.86. The van der Waals surface area contributed by atoms with Gasteiger partial charge in [-0.3, -0.25) is 4.79 Å². The van der Waals surface area contributed by atoms with Crippen molar-refractivity contribution in [2.24, 2.45) is 5.92 Å². The molecule has 21 heavy (non-hydrogen) atoms. The number of amides is 1. The highest BCUT2D eigenvalue weighted by molar-refractivity contribution is 5.91. The maximum atomic E-state index is 11.9. The topological polar surface area (TPSA) is 78.6 Å². The van der Waals surface area contributed by atoms with E-state index in [1.54, 1.807) is 6.07 Å². The lowest BCUT2D eigenvalue weighted by Gasteiger charge is -2.15. The zero-order chi connectivity index (χ0) is 15.2. The Balaban J connectivity index is 1.70. The van der Waals surface area contributed by atoms with E-state index in [2.05, 4.69) is 10.2 Å². The predicted octanol–water partition coefficient (Wildman–Crippen LogP) is 1.61. The number of rotatable bonds is 6. The summed E-state index contributed by atoms with van der Waals surface area (Å²) in [4.78, 5) is 14.3. The first-order valence-corrected chi connectivity index (χ1v) is 7.57. The molecule has 1 saturated heterocycles. The van der Waals surface area contributed by atoms with Gasteiger partial charge in [-0.25, -0.2) is 0 Å². The minimum absolute atomic E-state index is 0.0424. The number of benzene rings is 1. The van der Waals surface area contributed by atoms with Crippen LogP contribution in [0.3, 0.4) is 0 Å². The number of aryl methyl sites for hydroxylation is 1. The smallest absolute Gasteiger partial charge is 0.224 e. The highest BCUT2D eigenvalue weighted by Crippen LogP contribution is 2.18. The number of hydrogen-bond acceptors (Lipinski definition) is 4. The highest BCUT2D eigenvalue weighted by atomic mass is 16.3. The summed E-state index contributed by atoms with van der Waals surface area (Å²) in [7, 11) is 0. The van der Waals surface area contributed by atoms with E-state index in [-0.39, 0.29) is 12.5 Å². The van der Waals surface area contributed by atoms with E-state index in [1.807, 2.05) is 19.1 Å². The molecule has 1 atom stereocenters. The van der Waals surface area contributed by atoms with Gasteiger partial charge in [0.1, 0.15) is 0 Å². The molecule has 1 heterocycles. The van der Waals surface area contributed by atoms with Gasteiger partial charge in [0.2, 0.25) is 5.91 Å². The first kappa shape index (κ1) is 15.8. The van der Waals surface area contributed by atoms with Crippen molar-refractivity contribution in [3.05, 3.63) is 23.8 Å². The molecule has 0 saturated carbocycles. The monoisotopic (exact) mass is 291 g/mol. The molecule has 1 amide bonds. The fourth-order valence-electron chi connectivity index (χ4n) is 2.77. The van der Waals surface area contributed by atoms with Gasteiger partial charge in [-0.05, 0) is 62.5 Å². The van der Waals surface area contributed by atoms with E-state index in [0.29, 0.717) is 18.0 Å². The van der Waals surface area contributed by atoms with Crippen molar-refractivity contribution < 1.29 is 9.90 Å². The van der Waals surface area contributed by atoms with Crippen LogP contribution in [0.1, 0.15) is 24.8 Å². The number of carbonyl (C=O) groups excluding carboxylic acids is 1. The second kappa shape index (κ2) is 7.43. The van der Waals surface area contributed by atoms with E-state index < -0.39 is 0 Å². The largest absolute Gasteiger partial charge is 0.399 e. The van der Waals surface area contributed by atoms with Gasteiger partial charge in [0.05, 0.1) is 0 Å². The van der Waals surface area contributed by atoms with E-state index in [0.717, 1.165) is 43.7 Å². The lowest BCUT2D eigenvalue weighted by molar-refractivity contribution is -0.116. The Morgan fingerprint density at radius 1 is 1.52 bits per heavy atom. The Morgan fingerprint density at radius 2 is 2.33 bits per heavy atom. The van der Waals surface area contributed by atoms with Crippen molar-refractivity contribution in [3.63, 3.8) is 0 Å². The molecular formula is C16H25N3O2. The summed E-state index contributed by atoms with van der Waals surface area (Å²) in [6.45, 7) is 5.11. The Morgan fingerprint density at radius 3 is 3.00 bits per heavy atom. The number of anilines is 2. The van der Waals surface area contributed by atoms with Gasteiger partial charge in [-0.15, -0.1) is 0 Å². The van der Waals surface area contributed by atoms with Crippen LogP contribution in [0.2, 0.25) is 0 Å². The van der Waals surface area contributed by atoms with Crippen molar-refractivity contribution in [1.82, 2.24) is 4.90 Å². The number of nitrogens with two attached hydrogens (primary N) is 1. The standard InChI is InChI=1S/C16H25N3O2/c1-12-9-14(17)4-5-15(12)18-16(21)3-2-7-19-8-6-13(10-19)11-20/h4-5,9,13,20H,2-3,6-8,10-11,17H2,1H3,(H,18,21). The summed E-state index contributed by atoms with van der Waals surface area (Å²) >= 11 is 0. The summed E-state index contributed by atoms with van der Waals surface area (Å²) < 4.78 is 0. The fourth-order valence-corrected chi connectivity index (χ4v) is 2.77. The Hall–Kier alpha value is -1.59. The maximum absolute atomic E-state index is 11.9. The molecule has 5 heteroatoms. The number of likely N-dealkylation sites (tertiary alicyclic amines) is 1. The van der Waals surface area contributed by atoms with E-state index in [1.165, 1.54) is 0 Å². The average Bonchev–Trinajstić information content (AvgIpc) is 2.90. The quantitative estimate of drug-likeness (QED) is 0.696. The number of hydrogen-bond donors (Lipinski definition) is 3. The zero-order valence-electron chi connectivity index (χ0n) is 12.6. The summed E-state index contributed by atoms with van der Waals surface area (Å²) in [5.74, 6) is 0.456. The van der Waals surface area contributed by atoms with E-state index >= 15 is 0 Å². The first-order valence-electron chi connectivity index (χ1n) is 7.57. The number of nitrogens with zero attached hydrogens (tertiary/aromatic N) is 1. The third-order valence-corrected chi connectivity index (χ3v) is 4.03. The molecule has 1 aromatic rings. The van der Waals surface area contributed by atoms with Gasteiger partial charge in [0.15, 0.2) is 0 Å². The fraction of sp³-hybridized carbons (Fsp3) is 0.562. The number of carbonyl (C=O) groups is 1. The third-order valence-electron chi connectivity index (χ3n) is 4.03. The average molecular weight is 291 g/mol. The van der Waals surface area contributed by atoms with Gasteiger partial charge < -0.3 is 21.1 Å². The molecule has 1 fully saturated rings. The van der Waals surface area contributed by atoms with Gasteiger partial charge in [0, 0.05) is 30.9 Å². The summed E-state index contributed by atoms with van der Waals surface area (Å²) in [6.07, 6.45) is 2.43. The van der Waals surface area contributed by atoms with Crippen molar-refractivity contribution >= 4 is 17.3 Å². The van der Waals surface area contributed by atoms with Crippen LogP contribution in [-0.2, 0) is 4.79 Å². The number of nitrogen functional groups attached to an aromatic ring is 1. The molecule has 116 valence electrons. The first-order chi connectivity index (χ1) is 10.1. The van der Waals surface area contributed by atoms with E-state index in [4.69, 9.17) is 10.8 Å².